The SMILES string of the molecule is CC1c2nc3ccccc3n2C(CC(=O)O)C(=O)N1Cc1ccccc1. The first kappa shape index (κ1) is 16.3. The predicted octanol–water partition coefficient (Wildman–Crippen LogP) is 3.16. The molecule has 3 aromatic rings. The molecule has 0 spiro atoms. The Balaban J connectivity index is 1.82. The third kappa shape index (κ3) is 2.63. The van der Waals surface area contributed by atoms with Crippen molar-refractivity contribution in [1.82, 2.24) is 14.5 Å². The van der Waals surface area contributed by atoms with E-state index in [4.69, 9.17) is 4.98 Å². The van der Waals surface area contributed by atoms with Crippen LogP contribution >= 0.6 is 0 Å². The molecular weight excluding hydrogens is 330 g/mol. The molecule has 0 saturated carbocycles. The average molecular weight is 349 g/mol. The number of amides is 1. The highest BCUT2D eigenvalue weighted by Gasteiger charge is 2.40. The molecule has 2 unspecified atom stereocenters. The van der Waals surface area contributed by atoms with Crippen molar-refractivity contribution in [3.63, 3.8) is 0 Å². The molecule has 1 N–H and O–H groups in total. The van der Waals surface area contributed by atoms with Crippen molar-refractivity contribution in [2.75, 3.05) is 0 Å². The molecule has 4 rings (SSSR count). The molecule has 0 fully saturated rings. The van der Waals surface area contributed by atoms with Crippen LogP contribution in [0.4, 0.5) is 0 Å². The van der Waals surface area contributed by atoms with Gasteiger partial charge in [-0.3, -0.25) is 9.59 Å². The van der Waals surface area contributed by atoms with Crippen LogP contribution in [0, 0.1) is 0 Å². The summed E-state index contributed by atoms with van der Waals surface area (Å²) in [5.74, 6) is -0.450. The molecule has 1 amide bonds. The quantitative estimate of drug-likeness (QED) is 0.785. The molecule has 26 heavy (non-hydrogen) atoms. The molecule has 0 saturated heterocycles. The van der Waals surface area contributed by atoms with E-state index in [2.05, 4.69) is 0 Å². The molecular formula is C20H19N3O3. The van der Waals surface area contributed by atoms with Gasteiger partial charge >= 0.3 is 5.97 Å². The second-order valence-corrected chi connectivity index (χ2v) is 6.57. The third-order valence-electron chi connectivity index (χ3n) is 4.91. The van der Waals surface area contributed by atoms with Crippen molar-refractivity contribution in [1.29, 1.82) is 0 Å². The minimum Gasteiger partial charge on any atom is -0.481 e. The summed E-state index contributed by atoms with van der Waals surface area (Å²) in [7, 11) is 0. The Hall–Kier alpha value is -3.15. The van der Waals surface area contributed by atoms with Crippen LogP contribution in [0.5, 0.6) is 0 Å². The summed E-state index contributed by atoms with van der Waals surface area (Å²) in [6.45, 7) is 2.37. The number of carbonyl (C=O) groups excluding carboxylic acids is 1. The molecule has 2 atom stereocenters. The monoisotopic (exact) mass is 349 g/mol. The van der Waals surface area contributed by atoms with E-state index in [1.165, 1.54) is 0 Å². The van der Waals surface area contributed by atoms with Gasteiger partial charge in [0.05, 0.1) is 23.5 Å². The first-order chi connectivity index (χ1) is 12.6. The third-order valence-corrected chi connectivity index (χ3v) is 4.91. The maximum absolute atomic E-state index is 13.2. The van der Waals surface area contributed by atoms with Crippen LogP contribution in [-0.4, -0.2) is 31.4 Å². The van der Waals surface area contributed by atoms with Gasteiger partial charge in [0.2, 0.25) is 5.91 Å². The number of aliphatic carboxylic acids is 1. The predicted molar refractivity (Wildman–Crippen MR) is 96.4 cm³/mol. The first-order valence-electron chi connectivity index (χ1n) is 8.59. The summed E-state index contributed by atoms with van der Waals surface area (Å²) in [5, 5.41) is 9.36. The molecule has 132 valence electrons. The molecule has 2 heterocycles. The number of carbonyl (C=O) groups is 2. The van der Waals surface area contributed by atoms with E-state index in [0.717, 1.165) is 22.4 Å². The van der Waals surface area contributed by atoms with Crippen molar-refractivity contribution >= 4 is 22.9 Å². The smallest absolute Gasteiger partial charge is 0.306 e. The minimum absolute atomic E-state index is 0.181. The maximum Gasteiger partial charge on any atom is 0.306 e. The number of aromatic nitrogens is 2. The van der Waals surface area contributed by atoms with E-state index in [1.54, 1.807) is 9.47 Å². The summed E-state index contributed by atoms with van der Waals surface area (Å²) < 4.78 is 1.80. The van der Waals surface area contributed by atoms with E-state index in [-0.39, 0.29) is 18.4 Å². The Kier molecular flexibility index (Phi) is 3.95. The van der Waals surface area contributed by atoms with Gasteiger partial charge in [0.15, 0.2) is 0 Å². The van der Waals surface area contributed by atoms with Crippen LogP contribution < -0.4 is 0 Å². The highest BCUT2D eigenvalue weighted by molar-refractivity contribution is 5.89. The molecule has 1 aliphatic heterocycles. The second-order valence-electron chi connectivity index (χ2n) is 6.57. The van der Waals surface area contributed by atoms with Gasteiger partial charge in [-0.1, -0.05) is 42.5 Å². The van der Waals surface area contributed by atoms with Crippen molar-refractivity contribution in [2.45, 2.75) is 32.0 Å². The van der Waals surface area contributed by atoms with Crippen LogP contribution in [-0.2, 0) is 16.1 Å². The van der Waals surface area contributed by atoms with Crippen molar-refractivity contribution in [2.24, 2.45) is 0 Å². The molecule has 1 aromatic heterocycles. The van der Waals surface area contributed by atoms with Gasteiger partial charge in [0.1, 0.15) is 11.9 Å². The molecule has 6 heteroatoms. The Morgan fingerprint density at radius 1 is 1.12 bits per heavy atom. The Morgan fingerprint density at radius 3 is 2.54 bits per heavy atom. The fourth-order valence-electron chi connectivity index (χ4n) is 3.66. The summed E-state index contributed by atoms with van der Waals surface area (Å²) in [6, 6.07) is 16.2. The summed E-state index contributed by atoms with van der Waals surface area (Å²) in [5.41, 5.74) is 2.58. The standard InChI is InChI=1S/C20H19N3O3/c1-13-19-21-15-9-5-6-10-16(15)23(19)17(11-18(24)25)20(26)22(13)12-14-7-3-2-4-8-14/h2-10,13,17H,11-12H2,1H3,(H,24,25). The minimum atomic E-state index is -0.999. The number of benzene rings is 2. The molecule has 6 nitrogen and oxygen atoms in total. The summed E-state index contributed by atoms with van der Waals surface area (Å²) in [4.78, 5) is 31.0. The lowest BCUT2D eigenvalue weighted by Gasteiger charge is -2.38. The molecule has 0 radical (unpaired) electrons. The Morgan fingerprint density at radius 2 is 1.81 bits per heavy atom. The Labute approximate surface area is 150 Å². The van der Waals surface area contributed by atoms with Crippen molar-refractivity contribution in [3.05, 3.63) is 66.0 Å². The lowest BCUT2D eigenvalue weighted by atomic mass is 10.0. The number of carboxylic acids is 1. The first-order valence-corrected chi connectivity index (χ1v) is 8.59. The molecule has 0 aliphatic carbocycles. The number of imidazole rings is 1. The van der Waals surface area contributed by atoms with Crippen LogP contribution in [0.25, 0.3) is 11.0 Å². The van der Waals surface area contributed by atoms with E-state index < -0.39 is 12.0 Å². The van der Waals surface area contributed by atoms with Gasteiger partial charge in [-0.25, -0.2) is 4.98 Å². The normalized spacial score (nSPS) is 19.6. The fourth-order valence-corrected chi connectivity index (χ4v) is 3.66. The zero-order chi connectivity index (χ0) is 18.3. The number of rotatable bonds is 4. The summed E-state index contributed by atoms with van der Waals surface area (Å²) in [6.07, 6.45) is -0.260. The number of para-hydroxylation sites is 2. The van der Waals surface area contributed by atoms with E-state index in [0.29, 0.717) is 6.54 Å². The van der Waals surface area contributed by atoms with Gasteiger partial charge in [-0.2, -0.15) is 0 Å². The topological polar surface area (TPSA) is 75.4 Å². The van der Waals surface area contributed by atoms with E-state index >= 15 is 0 Å². The summed E-state index contributed by atoms with van der Waals surface area (Å²) >= 11 is 0. The number of hydrogen-bond acceptors (Lipinski definition) is 3. The van der Waals surface area contributed by atoms with E-state index in [9.17, 15) is 14.7 Å². The number of hydrogen-bond donors (Lipinski definition) is 1. The second kappa shape index (κ2) is 6.29. The lowest BCUT2D eigenvalue weighted by molar-refractivity contribution is -0.147. The fraction of sp³-hybridized carbons (Fsp3) is 0.250. The van der Waals surface area contributed by atoms with Crippen molar-refractivity contribution in [3.8, 4) is 0 Å². The van der Waals surface area contributed by atoms with Crippen LogP contribution in [0.1, 0.15) is 36.8 Å². The van der Waals surface area contributed by atoms with Crippen LogP contribution in [0.3, 0.4) is 0 Å². The van der Waals surface area contributed by atoms with Gasteiger partial charge < -0.3 is 14.6 Å². The highest BCUT2D eigenvalue weighted by Crippen LogP contribution is 2.37. The van der Waals surface area contributed by atoms with Crippen LogP contribution in [0.15, 0.2) is 54.6 Å². The lowest BCUT2D eigenvalue weighted by Crippen LogP contribution is -2.45. The van der Waals surface area contributed by atoms with E-state index in [1.807, 2.05) is 61.5 Å². The largest absolute Gasteiger partial charge is 0.481 e. The van der Waals surface area contributed by atoms with Gasteiger partial charge in [-0.15, -0.1) is 0 Å². The molecule has 2 aromatic carbocycles. The van der Waals surface area contributed by atoms with Gasteiger partial charge in [0.25, 0.3) is 0 Å². The molecule has 1 aliphatic rings. The average Bonchev–Trinajstić information content (AvgIpc) is 3.03. The number of nitrogens with zero attached hydrogens (tertiary/aromatic N) is 3. The zero-order valence-corrected chi connectivity index (χ0v) is 14.4. The zero-order valence-electron chi connectivity index (χ0n) is 14.4. The number of carboxylic acid groups (broad SMARTS) is 1. The number of fused-ring (bicyclic) bond motifs is 3. The van der Waals surface area contributed by atoms with Gasteiger partial charge in [0, 0.05) is 6.54 Å². The highest BCUT2D eigenvalue weighted by atomic mass is 16.4. The van der Waals surface area contributed by atoms with Crippen molar-refractivity contribution < 1.29 is 14.7 Å². The molecule has 0 bridgehead atoms. The van der Waals surface area contributed by atoms with Crippen LogP contribution in [0.2, 0.25) is 0 Å². The van der Waals surface area contributed by atoms with Gasteiger partial charge in [-0.05, 0) is 24.6 Å². The maximum atomic E-state index is 13.2. The Bertz CT molecular complexity index is 980.